The summed E-state index contributed by atoms with van der Waals surface area (Å²) in [4.78, 5) is 11.8. The molecule has 1 amide bonds. The molecule has 1 fully saturated rings. The number of nitrogens with zero attached hydrogens (tertiary/aromatic N) is 1. The molecule has 1 saturated heterocycles. The summed E-state index contributed by atoms with van der Waals surface area (Å²) >= 11 is 0. The van der Waals surface area contributed by atoms with Gasteiger partial charge in [0.25, 0.3) is 0 Å². The zero-order chi connectivity index (χ0) is 15.5. The number of hydrogen-bond donors (Lipinski definition) is 1. The molecule has 2 rings (SSSR count). The molecule has 0 atom stereocenters. The Balaban J connectivity index is 1.93. The number of aryl methyl sites for hydroxylation is 1. The lowest BCUT2D eigenvalue weighted by Gasteiger charge is -2.20. The van der Waals surface area contributed by atoms with Crippen molar-refractivity contribution in [2.45, 2.75) is 39.9 Å². The lowest BCUT2D eigenvalue weighted by molar-refractivity contribution is -0.159. The van der Waals surface area contributed by atoms with E-state index in [0.29, 0.717) is 13.2 Å². The maximum atomic E-state index is 11.8. The summed E-state index contributed by atoms with van der Waals surface area (Å²) in [5.41, 5.74) is 7.17. The standard InChI is InChI=1S/C16H22N2O3/c1-11-5-6-14(13(3)12(11)2)10-17-18-15(19)9-16(4)20-7-8-21-16/h5-6,10H,7-9H2,1-4H3,(H,18,19)/b17-10-. The van der Waals surface area contributed by atoms with E-state index in [2.05, 4.69) is 24.4 Å². The van der Waals surface area contributed by atoms with E-state index in [1.807, 2.05) is 19.1 Å². The number of carbonyl (C=O) groups excluding carboxylic acids is 1. The van der Waals surface area contributed by atoms with Gasteiger partial charge in [0.15, 0.2) is 5.79 Å². The van der Waals surface area contributed by atoms with Gasteiger partial charge in [-0.05, 0) is 49.9 Å². The van der Waals surface area contributed by atoms with Crippen molar-refractivity contribution in [3.05, 3.63) is 34.4 Å². The van der Waals surface area contributed by atoms with Crippen molar-refractivity contribution >= 4 is 12.1 Å². The van der Waals surface area contributed by atoms with Gasteiger partial charge in [0.05, 0.1) is 25.8 Å². The summed E-state index contributed by atoms with van der Waals surface area (Å²) in [6.45, 7) is 9.01. The van der Waals surface area contributed by atoms with E-state index in [0.717, 1.165) is 5.56 Å². The second-order valence-electron chi connectivity index (χ2n) is 5.52. The van der Waals surface area contributed by atoms with E-state index in [9.17, 15) is 4.79 Å². The second kappa shape index (κ2) is 6.37. The van der Waals surface area contributed by atoms with Crippen LogP contribution in [0.3, 0.4) is 0 Å². The normalized spacial score (nSPS) is 17.3. The highest BCUT2D eigenvalue weighted by molar-refractivity contribution is 5.84. The average Bonchev–Trinajstić information content (AvgIpc) is 2.85. The van der Waals surface area contributed by atoms with E-state index in [1.165, 1.54) is 16.7 Å². The van der Waals surface area contributed by atoms with Gasteiger partial charge in [0, 0.05) is 0 Å². The van der Waals surface area contributed by atoms with Crippen molar-refractivity contribution < 1.29 is 14.3 Å². The Bertz CT molecular complexity index is 561. The molecule has 0 aromatic heterocycles. The third kappa shape index (κ3) is 3.89. The Hall–Kier alpha value is -1.72. The molecule has 21 heavy (non-hydrogen) atoms. The molecule has 0 unspecified atom stereocenters. The highest BCUT2D eigenvalue weighted by Gasteiger charge is 2.33. The van der Waals surface area contributed by atoms with Crippen LogP contribution in [0.25, 0.3) is 0 Å². The molecule has 5 nitrogen and oxygen atoms in total. The predicted molar refractivity (Wildman–Crippen MR) is 81.3 cm³/mol. The first-order chi connectivity index (χ1) is 9.91. The minimum Gasteiger partial charge on any atom is -0.347 e. The Morgan fingerprint density at radius 1 is 1.29 bits per heavy atom. The van der Waals surface area contributed by atoms with Crippen molar-refractivity contribution in [1.82, 2.24) is 5.43 Å². The van der Waals surface area contributed by atoms with Gasteiger partial charge in [-0.3, -0.25) is 4.79 Å². The van der Waals surface area contributed by atoms with Crippen molar-refractivity contribution in [2.24, 2.45) is 5.10 Å². The first kappa shape index (κ1) is 15.7. The summed E-state index contributed by atoms with van der Waals surface area (Å²) in [6, 6.07) is 4.05. The van der Waals surface area contributed by atoms with Crippen LogP contribution in [0, 0.1) is 20.8 Å². The Labute approximate surface area is 125 Å². The number of benzene rings is 1. The van der Waals surface area contributed by atoms with Gasteiger partial charge in [0.2, 0.25) is 5.91 Å². The third-order valence-corrected chi connectivity index (χ3v) is 3.87. The average molecular weight is 290 g/mol. The fourth-order valence-electron chi connectivity index (χ4n) is 2.28. The summed E-state index contributed by atoms with van der Waals surface area (Å²) in [5.74, 6) is -1.05. The van der Waals surface area contributed by atoms with Gasteiger partial charge >= 0.3 is 0 Å². The van der Waals surface area contributed by atoms with E-state index in [4.69, 9.17) is 9.47 Å². The number of ether oxygens (including phenoxy) is 2. The molecular weight excluding hydrogens is 268 g/mol. The fourth-order valence-corrected chi connectivity index (χ4v) is 2.28. The molecule has 1 N–H and O–H groups in total. The number of amides is 1. The first-order valence-electron chi connectivity index (χ1n) is 7.08. The first-order valence-corrected chi connectivity index (χ1v) is 7.08. The summed E-state index contributed by atoms with van der Waals surface area (Å²) in [6.07, 6.45) is 1.80. The van der Waals surface area contributed by atoms with Gasteiger partial charge in [-0.2, -0.15) is 5.10 Å². The summed E-state index contributed by atoms with van der Waals surface area (Å²) < 4.78 is 10.8. The number of hydrogen-bond acceptors (Lipinski definition) is 4. The number of carbonyl (C=O) groups is 1. The van der Waals surface area contributed by atoms with E-state index < -0.39 is 5.79 Å². The highest BCUT2D eigenvalue weighted by Crippen LogP contribution is 2.22. The van der Waals surface area contributed by atoms with E-state index in [-0.39, 0.29) is 12.3 Å². The molecule has 1 heterocycles. The second-order valence-corrected chi connectivity index (χ2v) is 5.52. The quantitative estimate of drug-likeness (QED) is 0.683. The van der Waals surface area contributed by atoms with Crippen molar-refractivity contribution in [3.63, 3.8) is 0 Å². The van der Waals surface area contributed by atoms with Crippen LogP contribution in [0.1, 0.15) is 35.6 Å². The van der Waals surface area contributed by atoms with Crippen LogP contribution in [0.2, 0.25) is 0 Å². The van der Waals surface area contributed by atoms with Gasteiger partial charge < -0.3 is 9.47 Å². The van der Waals surface area contributed by atoms with Crippen molar-refractivity contribution in [1.29, 1.82) is 0 Å². The number of nitrogens with one attached hydrogen (secondary N) is 1. The van der Waals surface area contributed by atoms with Crippen LogP contribution in [0.5, 0.6) is 0 Å². The maximum Gasteiger partial charge on any atom is 0.245 e. The van der Waals surface area contributed by atoms with Gasteiger partial charge in [-0.1, -0.05) is 12.1 Å². The molecule has 1 aromatic rings. The largest absolute Gasteiger partial charge is 0.347 e. The van der Waals surface area contributed by atoms with E-state index >= 15 is 0 Å². The maximum absolute atomic E-state index is 11.8. The predicted octanol–water partition coefficient (Wildman–Crippen LogP) is 2.22. The smallest absolute Gasteiger partial charge is 0.245 e. The molecule has 0 aliphatic carbocycles. The summed E-state index contributed by atoms with van der Waals surface area (Å²) in [5, 5.41) is 4.01. The van der Waals surface area contributed by atoms with Gasteiger partial charge in [0.1, 0.15) is 0 Å². The Kier molecular flexibility index (Phi) is 4.75. The van der Waals surface area contributed by atoms with Crippen LogP contribution in [0.4, 0.5) is 0 Å². The third-order valence-electron chi connectivity index (χ3n) is 3.87. The molecule has 1 aliphatic heterocycles. The van der Waals surface area contributed by atoms with Crippen molar-refractivity contribution in [3.8, 4) is 0 Å². The molecule has 1 aliphatic rings. The molecular formula is C16H22N2O3. The highest BCUT2D eigenvalue weighted by atomic mass is 16.7. The van der Waals surface area contributed by atoms with Crippen LogP contribution in [-0.4, -0.2) is 31.1 Å². The van der Waals surface area contributed by atoms with Crippen LogP contribution >= 0.6 is 0 Å². The zero-order valence-corrected chi connectivity index (χ0v) is 13.0. The molecule has 0 bridgehead atoms. The Morgan fingerprint density at radius 3 is 2.62 bits per heavy atom. The van der Waals surface area contributed by atoms with Gasteiger partial charge in [-0.15, -0.1) is 0 Å². The topological polar surface area (TPSA) is 59.9 Å². The van der Waals surface area contributed by atoms with Crippen molar-refractivity contribution in [2.75, 3.05) is 13.2 Å². The fraction of sp³-hybridized carbons (Fsp3) is 0.500. The lowest BCUT2D eigenvalue weighted by Crippen LogP contribution is -2.33. The van der Waals surface area contributed by atoms with E-state index in [1.54, 1.807) is 13.1 Å². The number of hydrazone groups is 1. The minimum absolute atomic E-state index is 0.135. The summed E-state index contributed by atoms with van der Waals surface area (Å²) in [7, 11) is 0. The Morgan fingerprint density at radius 2 is 1.95 bits per heavy atom. The molecule has 0 radical (unpaired) electrons. The monoisotopic (exact) mass is 290 g/mol. The lowest BCUT2D eigenvalue weighted by atomic mass is 10.00. The zero-order valence-electron chi connectivity index (χ0n) is 13.0. The number of rotatable bonds is 4. The van der Waals surface area contributed by atoms with Gasteiger partial charge in [-0.25, -0.2) is 5.43 Å². The van der Waals surface area contributed by atoms with Crippen LogP contribution < -0.4 is 5.43 Å². The molecule has 0 saturated carbocycles. The molecule has 0 spiro atoms. The molecule has 114 valence electrons. The SMILES string of the molecule is Cc1ccc(/C=N\NC(=O)CC2(C)OCCO2)c(C)c1C. The minimum atomic E-state index is -0.823. The molecule has 5 heteroatoms. The van der Waals surface area contributed by atoms with Crippen LogP contribution in [-0.2, 0) is 14.3 Å². The van der Waals surface area contributed by atoms with Crippen LogP contribution in [0.15, 0.2) is 17.2 Å². The molecule has 1 aromatic carbocycles.